The van der Waals surface area contributed by atoms with E-state index in [0.717, 1.165) is 17.4 Å². The standard InChI is InChI=1S/C25H22N4O9S3.Na/c1-13-8-10-18-22(23(13)41(35,36)37)39-25(27-18)15-9-11-17(20(12-15)40(32,33)34)28-29-21(14(2)30)24(31)26-16-6-4-5-7-19(16)38-3;/h4-12,30H,1-3H3,(H,26,31)(H,32,33,34)(H,35,36,37);/q;+1/b21-14-,29-28?;. The van der Waals surface area contributed by atoms with Crippen molar-refractivity contribution in [1.82, 2.24) is 4.98 Å². The van der Waals surface area contributed by atoms with Crippen molar-refractivity contribution in [3.63, 3.8) is 0 Å². The number of methoxy groups -OCH3 is 1. The molecule has 42 heavy (non-hydrogen) atoms. The normalized spacial score (nSPS) is 12.6. The van der Waals surface area contributed by atoms with Crippen LogP contribution in [0.25, 0.3) is 20.8 Å². The van der Waals surface area contributed by atoms with Gasteiger partial charge >= 0.3 is 29.6 Å². The number of hydrogen-bond acceptors (Lipinski definition) is 11. The zero-order valence-corrected chi connectivity index (χ0v) is 27.0. The maximum atomic E-state index is 12.8. The van der Waals surface area contributed by atoms with E-state index < -0.39 is 42.5 Å². The van der Waals surface area contributed by atoms with Crippen molar-refractivity contribution in [1.29, 1.82) is 0 Å². The summed E-state index contributed by atoms with van der Waals surface area (Å²) in [6.07, 6.45) is 0. The van der Waals surface area contributed by atoms with Crippen LogP contribution in [0, 0.1) is 6.92 Å². The van der Waals surface area contributed by atoms with Crippen molar-refractivity contribution < 1.29 is 70.1 Å². The summed E-state index contributed by atoms with van der Waals surface area (Å²) in [6, 6.07) is 13.1. The fraction of sp³-hybridized carbons (Fsp3) is 0.120. The van der Waals surface area contributed by atoms with Crippen LogP contribution in [0.15, 0.2) is 86.1 Å². The summed E-state index contributed by atoms with van der Waals surface area (Å²) in [5.74, 6) is -1.06. The summed E-state index contributed by atoms with van der Waals surface area (Å²) < 4.78 is 73.3. The summed E-state index contributed by atoms with van der Waals surface area (Å²) in [5.41, 5.74) is 0.0908. The van der Waals surface area contributed by atoms with Gasteiger partial charge in [0.05, 0.1) is 23.0 Å². The molecular formula is C25H22N4NaO9S3+. The fourth-order valence-corrected chi connectivity index (χ4v) is 6.72. The van der Waals surface area contributed by atoms with Gasteiger partial charge in [0, 0.05) is 5.56 Å². The van der Waals surface area contributed by atoms with Gasteiger partial charge in [0.1, 0.15) is 32.0 Å². The number of carbonyl (C=O) groups is 1. The summed E-state index contributed by atoms with van der Waals surface area (Å²) in [6.45, 7) is 2.68. The Bertz CT molecular complexity index is 1970. The van der Waals surface area contributed by atoms with Gasteiger partial charge < -0.3 is 15.2 Å². The molecule has 13 nitrogen and oxygen atoms in total. The summed E-state index contributed by atoms with van der Waals surface area (Å²) in [5, 5.41) is 20.3. The Morgan fingerprint density at radius 1 is 1.02 bits per heavy atom. The van der Waals surface area contributed by atoms with Gasteiger partial charge in [-0.1, -0.05) is 18.2 Å². The van der Waals surface area contributed by atoms with Gasteiger partial charge in [-0.15, -0.1) is 21.6 Å². The fourth-order valence-electron chi connectivity index (χ4n) is 3.76. The number of aromatic nitrogens is 1. The largest absolute Gasteiger partial charge is 1.00 e. The van der Waals surface area contributed by atoms with Crippen LogP contribution in [0.2, 0.25) is 0 Å². The molecule has 4 N–H and O–H groups in total. The Labute approximate surface area is 266 Å². The molecule has 0 aliphatic rings. The number of aliphatic hydroxyl groups is 1. The maximum Gasteiger partial charge on any atom is 1.00 e. The number of fused-ring (bicyclic) bond motifs is 1. The Morgan fingerprint density at radius 3 is 2.33 bits per heavy atom. The second kappa shape index (κ2) is 13.0. The molecule has 1 heterocycles. The number of hydrogen-bond donors (Lipinski definition) is 4. The third kappa shape index (κ3) is 7.22. The molecule has 17 heteroatoms. The summed E-state index contributed by atoms with van der Waals surface area (Å²) >= 11 is 0.889. The van der Waals surface area contributed by atoms with E-state index >= 15 is 0 Å². The zero-order valence-electron chi connectivity index (χ0n) is 22.6. The molecule has 0 radical (unpaired) electrons. The number of thiazole rings is 1. The number of anilines is 1. The summed E-state index contributed by atoms with van der Waals surface area (Å²) in [7, 11) is -8.06. The molecule has 0 aliphatic heterocycles. The van der Waals surface area contributed by atoms with E-state index in [-0.39, 0.29) is 66.6 Å². The minimum atomic E-state index is -4.89. The third-order valence-corrected chi connectivity index (χ3v) is 8.81. The number of para-hydroxylation sites is 2. The van der Waals surface area contributed by atoms with Crippen LogP contribution in [0.4, 0.5) is 11.4 Å². The Kier molecular flexibility index (Phi) is 10.3. The second-order valence-corrected chi connectivity index (χ2v) is 12.2. The van der Waals surface area contributed by atoms with Crippen LogP contribution in [0.3, 0.4) is 0 Å². The van der Waals surface area contributed by atoms with E-state index in [1.54, 1.807) is 30.3 Å². The molecule has 4 rings (SSSR count). The van der Waals surface area contributed by atoms with Crippen LogP contribution in [0.1, 0.15) is 12.5 Å². The second-order valence-electron chi connectivity index (χ2n) is 8.50. The minimum absolute atomic E-state index is 0. The van der Waals surface area contributed by atoms with E-state index in [0.29, 0.717) is 11.3 Å². The smallest absolute Gasteiger partial charge is 0.510 e. The number of carbonyl (C=O) groups excluding carboxylic acids is 1. The molecule has 0 unspecified atom stereocenters. The number of nitrogens with one attached hydrogen (secondary N) is 1. The number of nitrogens with zero attached hydrogens (tertiary/aromatic N) is 3. The van der Waals surface area contributed by atoms with E-state index in [2.05, 4.69) is 20.5 Å². The first kappa shape index (κ1) is 33.3. The molecular weight excluding hydrogens is 619 g/mol. The number of benzene rings is 3. The van der Waals surface area contributed by atoms with Crippen LogP contribution in [-0.2, 0) is 25.0 Å². The number of rotatable bonds is 8. The van der Waals surface area contributed by atoms with Gasteiger partial charge in [-0.3, -0.25) is 13.9 Å². The van der Waals surface area contributed by atoms with E-state index in [9.17, 15) is 35.8 Å². The Balaban J connectivity index is 0.00000484. The molecule has 0 atom stereocenters. The number of aliphatic hydroxyl groups excluding tert-OH is 1. The molecule has 0 fully saturated rings. The van der Waals surface area contributed by atoms with Crippen molar-refractivity contribution in [2.45, 2.75) is 23.6 Å². The van der Waals surface area contributed by atoms with Crippen molar-refractivity contribution >= 4 is 59.1 Å². The van der Waals surface area contributed by atoms with Gasteiger partial charge in [0.25, 0.3) is 26.1 Å². The molecule has 1 amide bonds. The molecule has 0 bridgehead atoms. The SMILES string of the molecule is COc1ccccc1NC(=O)/C(N=Nc1ccc(-c2nc3ccc(C)c(S(=O)(=O)O)c3s2)cc1S(=O)(=O)O)=C(\C)O.[Na+]. The zero-order chi connectivity index (χ0) is 30.1. The van der Waals surface area contributed by atoms with Crippen molar-refractivity contribution in [2.24, 2.45) is 10.2 Å². The third-order valence-electron chi connectivity index (χ3n) is 5.62. The van der Waals surface area contributed by atoms with E-state index in [4.69, 9.17) is 4.74 Å². The number of azo groups is 1. The topological polar surface area (TPSA) is 205 Å². The Hall–Kier alpha value is -3.22. The van der Waals surface area contributed by atoms with Crippen molar-refractivity contribution in [3.8, 4) is 16.3 Å². The van der Waals surface area contributed by atoms with E-state index in [1.807, 2.05) is 0 Å². The Morgan fingerprint density at radius 2 is 1.71 bits per heavy atom. The average molecular weight is 642 g/mol. The molecule has 214 valence electrons. The molecule has 4 aromatic rings. The van der Waals surface area contributed by atoms with Gasteiger partial charge in [-0.05, 0) is 55.8 Å². The first-order chi connectivity index (χ1) is 19.2. The predicted octanol–water partition coefficient (Wildman–Crippen LogP) is 2.29. The van der Waals surface area contributed by atoms with E-state index in [1.165, 1.54) is 39.2 Å². The molecule has 3 aromatic carbocycles. The molecule has 0 spiro atoms. The quantitative estimate of drug-likeness (QED) is 0.0726. The van der Waals surface area contributed by atoms with Crippen LogP contribution in [-0.4, -0.2) is 49.0 Å². The predicted molar refractivity (Wildman–Crippen MR) is 151 cm³/mol. The number of aryl methyl sites for hydroxylation is 1. The van der Waals surface area contributed by atoms with Crippen molar-refractivity contribution in [2.75, 3.05) is 12.4 Å². The molecule has 0 aliphatic carbocycles. The van der Waals surface area contributed by atoms with Crippen molar-refractivity contribution in [3.05, 3.63) is 71.6 Å². The molecule has 0 saturated heterocycles. The van der Waals surface area contributed by atoms with Gasteiger partial charge in [0.15, 0.2) is 5.70 Å². The monoisotopic (exact) mass is 641 g/mol. The molecule has 1 aromatic heterocycles. The minimum Gasteiger partial charge on any atom is -0.510 e. The maximum absolute atomic E-state index is 12.8. The molecule has 0 saturated carbocycles. The number of amides is 1. The van der Waals surface area contributed by atoms with Gasteiger partial charge in [0.2, 0.25) is 0 Å². The van der Waals surface area contributed by atoms with Crippen LogP contribution in [0.5, 0.6) is 5.75 Å². The van der Waals surface area contributed by atoms with Gasteiger partial charge in [-0.25, -0.2) is 4.98 Å². The van der Waals surface area contributed by atoms with Crippen LogP contribution < -0.4 is 39.6 Å². The first-order valence-corrected chi connectivity index (χ1v) is 15.2. The number of ether oxygens (including phenoxy) is 1. The first-order valence-electron chi connectivity index (χ1n) is 11.5. The summed E-state index contributed by atoms with van der Waals surface area (Å²) in [4.78, 5) is 16.1. The van der Waals surface area contributed by atoms with Crippen LogP contribution >= 0.6 is 11.3 Å². The average Bonchev–Trinajstić information content (AvgIpc) is 3.31. The number of allylic oxidation sites excluding steroid dienone is 1. The van der Waals surface area contributed by atoms with Gasteiger partial charge in [-0.2, -0.15) is 16.8 Å².